The van der Waals surface area contributed by atoms with Crippen molar-refractivity contribution in [1.82, 2.24) is 5.32 Å². The first kappa shape index (κ1) is 12.4. The summed E-state index contributed by atoms with van der Waals surface area (Å²) in [6.45, 7) is 0.0161. The van der Waals surface area contributed by atoms with Crippen LogP contribution in [0.25, 0.3) is 0 Å². The molecule has 0 unspecified atom stereocenters. The van der Waals surface area contributed by atoms with E-state index >= 15 is 0 Å². The zero-order valence-electron chi connectivity index (χ0n) is 8.79. The van der Waals surface area contributed by atoms with Crippen LogP contribution in [0.4, 0.5) is 10.5 Å². The molecule has 0 saturated carbocycles. The summed E-state index contributed by atoms with van der Waals surface area (Å²) in [6.07, 6.45) is 0. The molecular weight excluding hydrogens is 356 g/mol. The zero-order chi connectivity index (χ0) is 12.6. The fourth-order valence-electron chi connectivity index (χ4n) is 1.52. The van der Waals surface area contributed by atoms with Crippen molar-refractivity contribution in [2.75, 3.05) is 18.6 Å². The van der Waals surface area contributed by atoms with E-state index in [2.05, 4.69) is 37.2 Å². The van der Waals surface area contributed by atoms with Gasteiger partial charge in [-0.15, -0.1) is 0 Å². The van der Waals surface area contributed by atoms with E-state index in [1.54, 1.807) is 12.1 Å². The molecule has 3 amide bonds. The maximum Gasteiger partial charge on any atom is 0.329 e. The highest BCUT2D eigenvalue weighted by atomic mass is 79.9. The summed E-state index contributed by atoms with van der Waals surface area (Å²) < 4.78 is 6.62. The Balaban J connectivity index is 2.45. The number of ether oxygens (including phenoxy) is 1. The van der Waals surface area contributed by atoms with Crippen molar-refractivity contribution in [3.63, 3.8) is 0 Å². The number of anilines is 1. The quantitative estimate of drug-likeness (QED) is 0.820. The lowest BCUT2D eigenvalue weighted by Gasteiger charge is -2.17. The van der Waals surface area contributed by atoms with Crippen LogP contribution in [0, 0.1) is 0 Å². The second kappa shape index (κ2) is 4.66. The number of imide groups is 1. The average molecular weight is 364 g/mol. The van der Waals surface area contributed by atoms with Crippen LogP contribution in [0.2, 0.25) is 0 Å². The SMILES string of the molecule is COc1cc(N2CC(=O)NC2=O)c(Br)cc1Br. The lowest BCUT2D eigenvalue weighted by molar-refractivity contribution is -0.117. The van der Waals surface area contributed by atoms with Gasteiger partial charge in [-0.3, -0.25) is 15.0 Å². The van der Waals surface area contributed by atoms with Crippen molar-refractivity contribution in [2.45, 2.75) is 0 Å². The van der Waals surface area contributed by atoms with Gasteiger partial charge in [0.25, 0.3) is 0 Å². The Hall–Kier alpha value is -1.08. The van der Waals surface area contributed by atoms with Gasteiger partial charge in [0.1, 0.15) is 12.3 Å². The van der Waals surface area contributed by atoms with Crippen LogP contribution >= 0.6 is 31.9 Å². The molecule has 1 heterocycles. The van der Waals surface area contributed by atoms with Gasteiger partial charge in [-0.05, 0) is 37.9 Å². The highest BCUT2D eigenvalue weighted by molar-refractivity contribution is 9.11. The molecule has 0 atom stereocenters. The normalized spacial score (nSPS) is 15.1. The molecule has 1 aliphatic rings. The van der Waals surface area contributed by atoms with E-state index in [9.17, 15) is 9.59 Å². The van der Waals surface area contributed by atoms with Crippen LogP contribution in [-0.4, -0.2) is 25.6 Å². The third kappa shape index (κ3) is 2.30. The molecule has 0 bridgehead atoms. The summed E-state index contributed by atoms with van der Waals surface area (Å²) >= 11 is 6.69. The Morgan fingerprint density at radius 2 is 2.00 bits per heavy atom. The van der Waals surface area contributed by atoms with Gasteiger partial charge in [-0.2, -0.15) is 0 Å². The van der Waals surface area contributed by atoms with Crippen LogP contribution in [0.3, 0.4) is 0 Å². The summed E-state index contributed by atoms with van der Waals surface area (Å²) in [6, 6.07) is 3.02. The molecule has 1 aliphatic heterocycles. The van der Waals surface area contributed by atoms with E-state index < -0.39 is 6.03 Å². The Kier molecular flexibility index (Phi) is 3.39. The second-order valence-electron chi connectivity index (χ2n) is 3.38. The van der Waals surface area contributed by atoms with Gasteiger partial charge in [0.2, 0.25) is 5.91 Å². The number of carbonyl (C=O) groups excluding carboxylic acids is 2. The maximum absolute atomic E-state index is 11.5. The fraction of sp³-hybridized carbons (Fsp3) is 0.200. The van der Waals surface area contributed by atoms with Crippen molar-refractivity contribution in [2.24, 2.45) is 0 Å². The minimum Gasteiger partial charge on any atom is -0.495 e. The molecule has 17 heavy (non-hydrogen) atoms. The predicted molar refractivity (Wildman–Crippen MR) is 69.3 cm³/mol. The third-order valence-corrected chi connectivity index (χ3v) is 3.56. The Morgan fingerprint density at radius 3 is 2.53 bits per heavy atom. The number of hydrogen-bond donors (Lipinski definition) is 1. The van der Waals surface area contributed by atoms with Gasteiger partial charge >= 0.3 is 6.03 Å². The molecule has 1 N–H and O–H groups in total. The second-order valence-corrected chi connectivity index (χ2v) is 5.09. The van der Waals surface area contributed by atoms with Crippen molar-refractivity contribution < 1.29 is 14.3 Å². The first-order valence-electron chi connectivity index (χ1n) is 4.67. The number of methoxy groups -OCH3 is 1. The van der Waals surface area contributed by atoms with Crippen molar-refractivity contribution >= 4 is 49.5 Å². The van der Waals surface area contributed by atoms with Crippen LogP contribution in [0.15, 0.2) is 21.1 Å². The van der Waals surface area contributed by atoms with Gasteiger partial charge in [0.05, 0.1) is 17.3 Å². The molecule has 90 valence electrons. The lowest BCUT2D eigenvalue weighted by atomic mass is 10.3. The number of nitrogens with one attached hydrogen (secondary N) is 1. The fourth-order valence-corrected chi connectivity index (χ4v) is 2.89. The summed E-state index contributed by atoms with van der Waals surface area (Å²) in [7, 11) is 1.53. The number of rotatable bonds is 2. The number of halogens is 2. The van der Waals surface area contributed by atoms with E-state index in [0.717, 1.165) is 4.47 Å². The smallest absolute Gasteiger partial charge is 0.329 e. The molecule has 1 saturated heterocycles. The summed E-state index contributed by atoms with van der Waals surface area (Å²) in [5.41, 5.74) is 0.591. The number of amides is 3. The molecule has 0 aliphatic carbocycles. The highest BCUT2D eigenvalue weighted by Gasteiger charge is 2.29. The first-order valence-corrected chi connectivity index (χ1v) is 6.26. The molecule has 1 fully saturated rings. The number of urea groups is 1. The molecule has 7 heteroatoms. The predicted octanol–water partition coefficient (Wildman–Crippen LogP) is 2.28. The van der Waals surface area contributed by atoms with Gasteiger partial charge in [-0.1, -0.05) is 0 Å². The van der Waals surface area contributed by atoms with Crippen molar-refractivity contribution in [1.29, 1.82) is 0 Å². The van der Waals surface area contributed by atoms with Gasteiger partial charge < -0.3 is 4.74 Å². The monoisotopic (exact) mass is 362 g/mol. The average Bonchev–Trinajstić information content (AvgIpc) is 2.58. The lowest BCUT2D eigenvalue weighted by Crippen LogP contribution is -2.28. The molecule has 1 aromatic rings. The van der Waals surface area contributed by atoms with E-state index in [-0.39, 0.29) is 12.5 Å². The molecule has 0 radical (unpaired) electrons. The number of benzene rings is 1. The van der Waals surface area contributed by atoms with E-state index in [0.29, 0.717) is 15.9 Å². The number of carbonyl (C=O) groups is 2. The molecule has 2 rings (SSSR count). The topological polar surface area (TPSA) is 58.6 Å². The third-order valence-electron chi connectivity index (χ3n) is 2.31. The van der Waals surface area contributed by atoms with E-state index in [1.807, 2.05) is 0 Å². The van der Waals surface area contributed by atoms with E-state index in [4.69, 9.17) is 4.74 Å². The van der Waals surface area contributed by atoms with Crippen LogP contribution in [0.5, 0.6) is 5.75 Å². The first-order chi connectivity index (χ1) is 8.02. The molecule has 5 nitrogen and oxygen atoms in total. The summed E-state index contributed by atoms with van der Waals surface area (Å²) in [4.78, 5) is 24.0. The van der Waals surface area contributed by atoms with Gasteiger partial charge in [0.15, 0.2) is 0 Å². The Labute approximate surface area is 114 Å². The van der Waals surface area contributed by atoms with Crippen LogP contribution in [0.1, 0.15) is 0 Å². The molecule has 0 spiro atoms. The number of nitrogens with zero attached hydrogens (tertiary/aromatic N) is 1. The zero-order valence-corrected chi connectivity index (χ0v) is 12.0. The molecule has 0 aromatic heterocycles. The highest BCUT2D eigenvalue weighted by Crippen LogP contribution is 2.37. The Morgan fingerprint density at radius 1 is 1.29 bits per heavy atom. The Bertz CT molecular complexity index is 505. The van der Waals surface area contributed by atoms with Crippen molar-refractivity contribution in [3.8, 4) is 5.75 Å². The molecule has 1 aromatic carbocycles. The standard InChI is InChI=1S/C10H8Br2N2O3/c1-17-8-3-7(5(11)2-6(8)12)14-4-9(15)13-10(14)16/h2-3H,4H2,1H3,(H,13,15,16). The summed E-state index contributed by atoms with van der Waals surface area (Å²) in [5.74, 6) is 0.277. The summed E-state index contributed by atoms with van der Waals surface area (Å²) in [5, 5.41) is 2.22. The van der Waals surface area contributed by atoms with Crippen LogP contribution < -0.4 is 15.0 Å². The maximum atomic E-state index is 11.5. The van der Waals surface area contributed by atoms with Crippen LogP contribution in [-0.2, 0) is 4.79 Å². The minimum absolute atomic E-state index is 0.0161. The van der Waals surface area contributed by atoms with Gasteiger partial charge in [-0.25, -0.2) is 4.79 Å². The van der Waals surface area contributed by atoms with E-state index in [1.165, 1.54) is 12.0 Å². The largest absolute Gasteiger partial charge is 0.495 e. The molecular formula is C10H8Br2N2O3. The number of hydrogen-bond acceptors (Lipinski definition) is 3. The minimum atomic E-state index is -0.430. The van der Waals surface area contributed by atoms with Gasteiger partial charge in [0, 0.05) is 10.5 Å². The van der Waals surface area contributed by atoms with Crippen molar-refractivity contribution in [3.05, 3.63) is 21.1 Å².